The smallest absolute Gasteiger partial charge is 0.0618 e. The molecule has 33 heavy (non-hydrogen) atoms. The van der Waals surface area contributed by atoms with Crippen LogP contribution in [-0.2, 0) is 0 Å². The maximum Gasteiger partial charge on any atom is 0.0618 e. The Hall–Kier alpha value is -0.380. The lowest BCUT2D eigenvalue weighted by Crippen LogP contribution is -2.58. The van der Waals surface area contributed by atoms with Crippen molar-refractivity contribution in [2.45, 2.75) is 118 Å². The first-order valence-electron chi connectivity index (χ1n) is 14.0. The van der Waals surface area contributed by atoms with Gasteiger partial charge in [-0.1, -0.05) is 53.2 Å². The summed E-state index contributed by atoms with van der Waals surface area (Å²) in [6.07, 6.45) is 13.3. The van der Waals surface area contributed by atoms with Crippen LogP contribution >= 0.6 is 0 Å². The zero-order chi connectivity index (χ0) is 24.0. The Morgan fingerprint density at radius 2 is 1.42 bits per heavy atom. The monoisotopic (exact) mass is 458 g/mol. The Morgan fingerprint density at radius 3 is 2.12 bits per heavy atom. The molecular formula is C30H50O3. The molecule has 5 aliphatic carbocycles. The standard InChI is InChI=1S/C30H50O3/c1-26(2)21-11-14-27(3)17-19-7-9-23-28(4,15-13-25(33)30(23,6)18-31)20(19)8-10-22(27)29(21,5)16-12-24(26)32/h7,20-25,31-33H,8-18H2,1-6H3/t20-,21+,22+,23-,24+,25-,27+,28-,29+,30+/m1/s1. The number of rotatable bonds is 1. The molecule has 3 nitrogen and oxygen atoms in total. The van der Waals surface area contributed by atoms with Crippen molar-refractivity contribution in [3.8, 4) is 0 Å². The van der Waals surface area contributed by atoms with Gasteiger partial charge in [0.25, 0.3) is 0 Å². The fourth-order valence-corrected chi connectivity index (χ4v) is 11.0. The van der Waals surface area contributed by atoms with Crippen LogP contribution in [0.5, 0.6) is 0 Å². The van der Waals surface area contributed by atoms with Gasteiger partial charge in [-0.05, 0) is 110 Å². The van der Waals surface area contributed by atoms with Crippen LogP contribution < -0.4 is 0 Å². The molecule has 5 aliphatic rings. The van der Waals surface area contributed by atoms with Crippen LogP contribution in [0.1, 0.15) is 106 Å². The third kappa shape index (κ3) is 3.17. The van der Waals surface area contributed by atoms with Crippen molar-refractivity contribution in [3.05, 3.63) is 11.6 Å². The molecule has 0 aliphatic heterocycles. The lowest BCUT2D eigenvalue weighted by molar-refractivity contribution is -0.170. The Balaban J connectivity index is 1.50. The molecule has 0 unspecified atom stereocenters. The predicted octanol–water partition coefficient (Wildman–Crippen LogP) is 6.11. The van der Waals surface area contributed by atoms with E-state index in [1.165, 1.54) is 38.5 Å². The molecule has 4 fully saturated rings. The highest BCUT2D eigenvalue weighted by Crippen LogP contribution is 2.70. The SMILES string of the molecule is CC1(C)[C@@H](O)CC[C@@]2(C)[C@H]1CC[C@@]1(C)CC3=CC[C@H]4[C@](C)(CO)[C@H](O)CC[C@]4(C)[C@@H]3CC[C@@H]12. The van der Waals surface area contributed by atoms with Gasteiger partial charge in [0.15, 0.2) is 0 Å². The van der Waals surface area contributed by atoms with Gasteiger partial charge in [0.2, 0.25) is 0 Å². The highest BCUT2D eigenvalue weighted by molar-refractivity contribution is 5.25. The van der Waals surface area contributed by atoms with Gasteiger partial charge in [-0.3, -0.25) is 0 Å². The highest BCUT2D eigenvalue weighted by Gasteiger charge is 2.63. The molecule has 3 heteroatoms. The first-order chi connectivity index (χ1) is 15.3. The van der Waals surface area contributed by atoms with Crippen LogP contribution in [0.15, 0.2) is 11.6 Å². The summed E-state index contributed by atoms with van der Waals surface area (Å²) in [5, 5.41) is 32.1. The van der Waals surface area contributed by atoms with Crippen LogP contribution in [0, 0.1) is 50.7 Å². The Morgan fingerprint density at radius 1 is 0.758 bits per heavy atom. The maximum atomic E-state index is 10.9. The van der Waals surface area contributed by atoms with Crippen molar-refractivity contribution >= 4 is 0 Å². The van der Waals surface area contributed by atoms with Crippen LogP contribution in [0.25, 0.3) is 0 Å². The van der Waals surface area contributed by atoms with Gasteiger partial charge in [-0.2, -0.15) is 0 Å². The van der Waals surface area contributed by atoms with E-state index in [4.69, 9.17) is 0 Å². The van der Waals surface area contributed by atoms with E-state index in [2.05, 4.69) is 47.6 Å². The third-order valence-corrected chi connectivity index (χ3v) is 13.0. The molecule has 0 heterocycles. The summed E-state index contributed by atoms with van der Waals surface area (Å²) in [4.78, 5) is 0. The molecular weight excluding hydrogens is 408 g/mol. The summed E-state index contributed by atoms with van der Waals surface area (Å²) >= 11 is 0. The van der Waals surface area contributed by atoms with E-state index in [1.807, 2.05) is 0 Å². The second kappa shape index (κ2) is 7.56. The van der Waals surface area contributed by atoms with Crippen molar-refractivity contribution in [2.24, 2.45) is 50.7 Å². The van der Waals surface area contributed by atoms with Crippen molar-refractivity contribution in [2.75, 3.05) is 6.61 Å². The first-order valence-corrected chi connectivity index (χ1v) is 14.0. The lowest BCUT2D eigenvalue weighted by atomic mass is 9.42. The fourth-order valence-electron chi connectivity index (χ4n) is 11.0. The number of hydrogen-bond acceptors (Lipinski definition) is 3. The van der Waals surface area contributed by atoms with Crippen LogP contribution in [0.2, 0.25) is 0 Å². The highest BCUT2D eigenvalue weighted by atomic mass is 16.3. The first kappa shape index (κ1) is 24.3. The summed E-state index contributed by atoms with van der Waals surface area (Å²) in [6, 6.07) is 0. The van der Waals surface area contributed by atoms with Gasteiger partial charge in [-0.15, -0.1) is 0 Å². The molecule has 0 aromatic rings. The number of fused-ring (bicyclic) bond motifs is 6. The third-order valence-electron chi connectivity index (χ3n) is 13.0. The molecule has 10 atom stereocenters. The Bertz CT molecular complexity index is 817. The normalized spacial score (nSPS) is 55.8. The molecule has 4 saturated carbocycles. The predicted molar refractivity (Wildman–Crippen MR) is 134 cm³/mol. The fraction of sp³-hybridized carbons (Fsp3) is 0.933. The summed E-state index contributed by atoms with van der Waals surface area (Å²) in [5.74, 6) is 2.25. The van der Waals surface area contributed by atoms with Gasteiger partial charge in [0.1, 0.15) is 0 Å². The second-order valence-electron chi connectivity index (χ2n) is 14.8. The largest absolute Gasteiger partial charge is 0.396 e. The average Bonchev–Trinajstić information content (AvgIpc) is 2.91. The summed E-state index contributed by atoms with van der Waals surface area (Å²) < 4.78 is 0. The van der Waals surface area contributed by atoms with Crippen molar-refractivity contribution < 1.29 is 15.3 Å². The minimum absolute atomic E-state index is 0.00614. The minimum Gasteiger partial charge on any atom is -0.396 e. The topological polar surface area (TPSA) is 60.7 Å². The van der Waals surface area contributed by atoms with Gasteiger partial charge in [0.05, 0.1) is 18.8 Å². The van der Waals surface area contributed by atoms with Gasteiger partial charge in [-0.25, -0.2) is 0 Å². The molecule has 5 rings (SSSR count). The summed E-state index contributed by atoms with van der Waals surface area (Å²) in [6.45, 7) is 14.6. The minimum atomic E-state index is -0.392. The van der Waals surface area contributed by atoms with Gasteiger partial charge >= 0.3 is 0 Å². The van der Waals surface area contributed by atoms with Gasteiger partial charge < -0.3 is 15.3 Å². The van der Waals surface area contributed by atoms with E-state index in [-0.39, 0.29) is 23.5 Å². The van der Waals surface area contributed by atoms with E-state index in [0.29, 0.717) is 34.5 Å². The molecule has 0 saturated heterocycles. The van der Waals surface area contributed by atoms with Crippen molar-refractivity contribution in [3.63, 3.8) is 0 Å². The van der Waals surface area contributed by atoms with E-state index in [0.717, 1.165) is 25.7 Å². The zero-order valence-electron chi connectivity index (χ0n) is 22.2. The average molecular weight is 459 g/mol. The summed E-state index contributed by atoms with van der Waals surface area (Å²) in [7, 11) is 0. The van der Waals surface area contributed by atoms with E-state index >= 15 is 0 Å². The Kier molecular flexibility index (Phi) is 5.57. The van der Waals surface area contributed by atoms with E-state index in [9.17, 15) is 15.3 Å². The second-order valence-corrected chi connectivity index (χ2v) is 14.8. The van der Waals surface area contributed by atoms with Crippen molar-refractivity contribution in [1.29, 1.82) is 0 Å². The molecule has 0 amide bonds. The number of aliphatic hydroxyl groups excluding tert-OH is 3. The van der Waals surface area contributed by atoms with Crippen LogP contribution in [0.4, 0.5) is 0 Å². The van der Waals surface area contributed by atoms with E-state index < -0.39 is 11.5 Å². The number of allylic oxidation sites excluding steroid dienone is 2. The molecule has 188 valence electrons. The van der Waals surface area contributed by atoms with Gasteiger partial charge in [0, 0.05) is 5.41 Å². The van der Waals surface area contributed by atoms with Crippen LogP contribution in [0.3, 0.4) is 0 Å². The molecule has 0 spiro atoms. The molecule has 3 N–H and O–H groups in total. The lowest BCUT2D eigenvalue weighted by Gasteiger charge is -2.63. The summed E-state index contributed by atoms with van der Waals surface area (Å²) in [5.41, 5.74) is 2.15. The molecule has 0 radical (unpaired) electrons. The maximum absolute atomic E-state index is 10.9. The zero-order valence-corrected chi connectivity index (χ0v) is 22.2. The van der Waals surface area contributed by atoms with E-state index in [1.54, 1.807) is 5.57 Å². The number of hydrogen-bond donors (Lipinski definition) is 3. The van der Waals surface area contributed by atoms with Crippen molar-refractivity contribution in [1.82, 2.24) is 0 Å². The quantitative estimate of drug-likeness (QED) is 0.415. The molecule has 0 aromatic carbocycles. The Labute approximate surface area is 202 Å². The molecule has 0 aromatic heterocycles. The number of aliphatic hydroxyl groups is 3. The molecule has 0 bridgehead atoms. The van der Waals surface area contributed by atoms with Crippen LogP contribution in [-0.4, -0.2) is 34.1 Å².